The number of nitrogens with two attached hydrogens (primary N) is 1. The molecule has 8 heteroatoms. The first-order valence-corrected chi connectivity index (χ1v) is 4.90. The Morgan fingerprint density at radius 1 is 1.61 bits per heavy atom. The molecule has 0 saturated carbocycles. The standard InChI is InChI=1S/C10H12FN3O3.ClH/c1-6(5-12)13-10(15)8-3-2-7(11)4-9(8)14(16)17;/h2-4,6H,5,12H2,1H3,(H,13,15);1H/t6-;/m0./s1. The molecule has 1 aromatic rings. The predicted molar refractivity (Wildman–Crippen MR) is 66.3 cm³/mol. The van der Waals surface area contributed by atoms with Gasteiger partial charge < -0.3 is 11.1 Å². The Bertz CT molecular complexity index is 456. The van der Waals surface area contributed by atoms with Crippen molar-refractivity contribution in [3.8, 4) is 0 Å². The Morgan fingerprint density at radius 3 is 2.72 bits per heavy atom. The molecule has 100 valence electrons. The number of nitro benzene ring substituents is 1. The highest BCUT2D eigenvalue weighted by atomic mass is 35.5. The largest absolute Gasteiger partial charge is 0.348 e. The van der Waals surface area contributed by atoms with Crippen molar-refractivity contribution in [2.75, 3.05) is 6.54 Å². The van der Waals surface area contributed by atoms with Gasteiger partial charge >= 0.3 is 0 Å². The number of hydrogen-bond donors (Lipinski definition) is 2. The summed E-state index contributed by atoms with van der Waals surface area (Å²) in [4.78, 5) is 21.5. The second-order valence-electron chi connectivity index (χ2n) is 3.53. The van der Waals surface area contributed by atoms with E-state index in [1.807, 2.05) is 0 Å². The Balaban J connectivity index is 0.00000289. The van der Waals surface area contributed by atoms with E-state index in [9.17, 15) is 19.3 Å². The fraction of sp³-hybridized carbons (Fsp3) is 0.300. The van der Waals surface area contributed by atoms with Gasteiger partial charge in [0.2, 0.25) is 0 Å². The number of nitrogens with one attached hydrogen (secondary N) is 1. The van der Waals surface area contributed by atoms with Crippen molar-refractivity contribution in [2.24, 2.45) is 5.73 Å². The second kappa shape index (κ2) is 6.87. The molecule has 3 N–H and O–H groups in total. The van der Waals surface area contributed by atoms with E-state index in [1.54, 1.807) is 6.92 Å². The minimum absolute atomic E-state index is 0. The first-order valence-electron chi connectivity index (χ1n) is 4.90. The van der Waals surface area contributed by atoms with Crippen LogP contribution in [0.2, 0.25) is 0 Å². The van der Waals surface area contributed by atoms with Crippen LogP contribution in [0.25, 0.3) is 0 Å². The minimum Gasteiger partial charge on any atom is -0.348 e. The van der Waals surface area contributed by atoms with Crippen LogP contribution in [0.3, 0.4) is 0 Å². The first kappa shape index (κ1) is 16.3. The van der Waals surface area contributed by atoms with Crippen molar-refractivity contribution in [1.29, 1.82) is 0 Å². The molecule has 0 bridgehead atoms. The zero-order valence-electron chi connectivity index (χ0n) is 9.55. The van der Waals surface area contributed by atoms with Gasteiger partial charge in [-0.2, -0.15) is 0 Å². The maximum Gasteiger partial charge on any atom is 0.285 e. The summed E-state index contributed by atoms with van der Waals surface area (Å²) < 4.78 is 12.8. The fourth-order valence-electron chi connectivity index (χ4n) is 1.21. The number of amides is 1. The van der Waals surface area contributed by atoms with E-state index in [1.165, 1.54) is 0 Å². The van der Waals surface area contributed by atoms with Crippen molar-refractivity contribution >= 4 is 24.0 Å². The molecular weight excluding hydrogens is 265 g/mol. The van der Waals surface area contributed by atoms with Crippen molar-refractivity contribution in [3.63, 3.8) is 0 Å². The first-order chi connectivity index (χ1) is 7.95. The normalized spacial score (nSPS) is 11.3. The summed E-state index contributed by atoms with van der Waals surface area (Å²) in [5.41, 5.74) is 4.56. The third-order valence-electron chi connectivity index (χ3n) is 2.13. The van der Waals surface area contributed by atoms with E-state index >= 15 is 0 Å². The van der Waals surface area contributed by atoms with E-state index < -0.39 is 22.3 Å². The summed E-state index contributed by atoms with van der Waals surface area (Å²) in [6.45, 7) is 1.87. The Morgan fingerprint density at radius 2 is 2.22 bits per heavy atom. The minimum atomic E-state index is -0.800. The zero-order valence-corrected chi connectivity index (χ0v) is 10.4. The highest BCUT2D eigenvalue weighted by Crippen LogP contribution is 2.19. The van der Waals surface area contributed by atoms with E-state index in [-0.39, 0.29) is 30.6 Å². The van der Waals surface area contributed by atoms with Gasteiger partial charge in [-0.25, -0.2) is 4.39 Å². The van der Waals surface area contributed by atoms with Gasteiger partial charge in [-0.05, 0) is 19.1 Å². The molecule has 1 aromatic carbocycles. The van der Waals surface area contributed by atoms with Crippen LogP contribution in [-0.4, -0.2) is 23.4 Å². The monoisotopic (exact) mass is 277 g/mol. The molecule has 0 fully saturated rings. The number of hydrogen-bond acceptors (Lipinski definition) is 4. The number of nitro groups is 1. The summed E-state index contributed by atoms with van der Waals surface area (Å²) in [5.74, 6) is -1.41. The smallest absolute Gasteiger partial charge is 0.285 e. The van der Waals surface area contributed by atoms with Crippen molar-refractivity contribution < 1.29 is 14.1 Å². The van der Waals surface area contributed by atoms with Gasteiger partial charge in [0.25, 0.3) is 11.6 Å². The molecule has 0 aliphatic heterocycles. The second-order valence-corrected chi connectivity index (χ2v) is 3.53. The zero-order chi connectivity index (χ0) is 13.0. The predicted octanol–water partition coefficient (Wildman–Crippen LogP) is 1.23. The van der Waals surface area contributed by atoms with Gasteiger partial charge in [0.05, 0.1) is 11.0 Å². The van der Waals surface area contributed by atoms with Crippen LogP contribution >= 0.6 is 12.4 Å². The molecule has 0 spiro atoms. The molecule has 6 nitrogen and oxygen atoms in total. The number of rotatable bonds is 4. The maximum atomic E-state index is 12.8. The van der Waals surface area contributed by atoms with Crippen LogP contribution in [0.5, 0.6) is 0 Å². The third kappa shape index (κ3) is 3.94. The maximum absolute atomic E-state index is 12.8. The SMILES string of the molecule is C[C@@H](CN)NC(=O)c1ccc(F)cc1[N+](=O)[O-].Cl. The summed E-state index contributed by atoms with van der Waals surface area (Å²) in [7, 11) is 0. The number of nitrogens with zero attached hydrogens (tertiary/aromatic N) is 1. The number of carbonyl (C=O) groups excluding carboxylic acids is 1. The van der Waals surface area contributed by atoms with E-state index in [2.05, 4.69) is 5.32 Å². The van der Waals surface area contributed by atoms with Crippen LogP contribution in [0.1, 0.15) is 17.3 Å². The lowest BCUT2D eigenvalue weighted by atomic mass is 10.1. The lowest BCUT2D eigenvalue weighted by Crippen LogP contribution is -2.38. The summed E-state index contributed by atoms with van der Waals surface area (Å²) >= 11 is 0. The molecule has 0 aromatic heterocycles. The fourth-order valence-corrected chi connectivity index (χ4v) is 1.21. The van der Waals surface area contributed by atoms with Crippen LogP contribution in [0, 0.1) is 15.9 Å². The lowest BCUT2D eigenvalue weighted by Gasteiger charge is -2.11. The molecule has 18 heavy (non-hydrogen) atoms. The third-order valence-corrected chi connectivity index (χ3v) is 2.13. The molecule has 0 radical (unpaired) electrons. The molecule has 0 aliphatic rings. The van der Waals surface area contributed by atoms with E-state index in [4.69, 9.17) is 5.73 Å². The molecule has 1 atom stereocenters. The van der Waals surface area contributed by atoms with Gasteiger partial charge in [-0.1, -0.05) is 0 Å². The molecule has 1 rings (SSSR count). The van der Waals surface area contributed by atoms with Gasteiger partial charge in [0.15, 0.2) is 0 Å². The Hall–Kier alpha value is -1.73. The van der Waals surface area contributed by atoms with Gasteiger partial charge in [0.1, 0.15) is 11.4 Å². The summed E-state index contributed by atoms with van der Waals surface area (Å²) in [5, 5.41) is 13.1. The lowest BCUT2D eigenvalue weighted by molar-refractivity contribution is -0.385. The average molecular weight is 278 g/mol. The van der Waals surface area contributed by atoms with Crippen LogP contribution in [-0.2, 0) is 0 Å². The molecular formula is C10H13ClFN3O3. The van der Waals surface area contributed by atoms with Crippen LogP contribution in [0.15, 0.2) is 18.2 Å². The van der Waals surface area contributed by atoms with Crippen LogP contribution < -0.4 is 11.1 Å². The Kier molecular flexibility index (Phi) is 6.21. The molecule has 0 aliphatic carbocycles. The van der Waals surface area contributed by atoms with Crippen LogP contribution in [0.4, 0.5) is 10.1 Å². The topological polar surface area (TPSA) is 98.3 Å². The van der Waals surface area contributed by atoms with Crippen molar-refractivity contribution in [1.82, 2.24) is 5.32 Å². The van der Waals surface area contributed by atoms with Gasteiger partial charge in [-0.15, -0.1) is 12.4 Å². The number of halogens is 2. The molecule has 0 saturated heterocycles. The van der Waals surface area contributed by atoms with Crippen molar-refractivity contribution in [2.45, 2.75) is 13.0 Å². The average Bonchev–Trinajstić information content (AvgIpc) is 2.28. The highest BCUT2D eigenvalue weighted by molar-refractivity contribution is 5.98. The molecule has 0 heterocycles. The van der Waals surface area contributed by atoms with Crippen molar-refractivity contribution in [3.05, 3.63) is 39.7 Å². The summed E-state index contributed by atoms with van der Waals surface area (Å²) in [6, 6.07) is 2.47. The number of benzene rings is 1. The highest BCUT2D eigenvalue weighted by Gasteiger charge is 2.21. The van der Waals surface area contributed by atoms with Gasteiger partial charge in [-0.3, -0.25) is 14.9 Å². The summed E-state index contributed by atoms with van der Waals surface area (Å²) in [6.07, 6.45) is 0. The quantitative estimate of drug-likeness (QED) is 0.639. The van der Waals surface area contributed by atoms with E-state index in [0.29, 0.717) is 6.07 Å². The molecule has 0 unspecified atom stereocenters. The Labute approximate surface area is 109 Å². The van der Waals surface area contributed by atoms with E-state index in [0.717, 1.165) is 12.1 Å². The number of carbonyl (C=O) groups is 1. The molecule has 1 amide bonds. The van der Waals surface area contributed by atoms with Gasteiger partial charge in [0, 0.05) is 12.6 Å².